The Morgan fingerprint density at radius 2 is 2.00 bits per heavy atom. The molecule has 0 aliphatic rings. The lowest BCUT2D eigenvalue weighted by Gasteiger charge is -2.21. The highest BCUT2D eigenvalue weighted by Gasteiger charge is 2.15. The van der Waals surface area contributed by atoms with Gasteiger partial charge in [-0.25, -0.2) is 0 Å². The topological polar surface area (TPSA) is 18.5 Å². The van der Waals surface area contributed by atoms with Crippen molar-refractivity contribution in [2.24, 2.45) is 5.92 Å². The molecule has 0 heterocycles. The molecule has 0 aliphatic carbocycles. The zero-order valence-electron chi connectivity index (χ0n) is 11.7. The molecule has 0 saturated carbocycles. The van der Waals surface area contributed by atoms with Crippen molar-refractivity contribution in [3.63, 3.8) is 0 Å². The van der Waals surface area contributed by atoms with E-state index in [9.17, 15) is 0 Å². The van der Waals surface area contributed by atoms with E-state index in [4.69, 9.17) is 9.47 Å². The average Bonchev–Trinajstić information content (AvgIpc) is 2.43. The van der Waals surface area contributed by atoms with Crippen molar-refractivity contribution >= 4 is 22.6 Å². The molecular formula is C16H21IO2. The largest absolute Gasteiger partial charge is 0.497 e. The lowest BCUT2D eigenvalue weighted by Crippen LogP contribution is -2.20. The second kappa shape index (κ2) is 8.38. The Bertz CT molecular complexity index is 423. The number of halogens is 1. The van der Waals surface area contributed by atoms with Gasteiger partial charge in [-0.1, -0.05) is 53.8 Å². The van der Waals surface area contributed by atoms with Gasteiger partial charge in [0.2, 0.25) is 0 Å². The van der Waals surface area contributed by atoms with Gasteiger partial charge in [-0.3, -0.25) is 0 Å². The van der Waals surface area contributed by atoms with Crippen LogP contribution < -0.4 is 4.74 Å². The summed E-state index contributed by atoms with van der Waals surface area (Å²) in [6.45, 7) is 8.77. The van der Waals surface area contributed by atoms with Crippen LogP contribution in [0.3, 0.4) is 0 Å². The van der Waals surface area contributed by atoms with Crippen LogP contribution in [0.25, 0.3) is 0 Å². The molecule has 0 bridgehead atoms. The van der Waals surface area contributed by atoms with Crippen molar-refractivity contribution in [3.8, 4) is 5.75 Å². The van der Waals surface area contributed by atoms with E-state index in [-0.39, 0.29) is 6.10 Å². The lowest BCUT2D eigenvalue weighted by molar-refractivity contribution is 0.0476. The standard InChI is InChI=1S/C16H21IO2/c1-12(2)13(3)16(9-10-17)19-11-14-5-7-15(18-4)8-6-14/h5-10,13,16H,1,11H2,2-4H3/b10-9+/t13-,16+/m1/s1. The first-order valence-electron chi connectivity index (χ1n) is 6.25. The van der Waals surface area contributed by atoms with Crippen LogP contribution in [0.4, 0.5) is 0 Å². The summed E-state index contributed by atoms with van der Waals surface area (Å²) in [5.41, 5.74) is 2.27. The molecule has 19 heavy (non-hydrogen) atoms. The molecule has 2 nitrogen and oxygen atoms in total. The average molecular weight is 372 g/mol. The highest BCUT2D eigenvalue weighted by molar-refractivity contribution is 14.1. The molecule has 1 aromatic rings. The Morgan fingerprint density at radius 3 is 2.47 bits per heavy atom. The van der Waals surface area contributed by atoms with E-state index in [1.165, 1.54) is 0 Å². The monoisotopic (exact) mass is 372 g/mol. The minimum absolute atomic E-state index is 0.0662. The summed E-state index contributed by atoms with van der Waals surface area (Å²) in [6, 6.07) is 7.94. The van der Waals surface area contributed by atoms with Crippen molar-refractivity contribution in [2.45, 2.75) is 26.6 Å². The van der Waals surface area contributed by atoms with E-state index in [1.54, 1.807) is 7.11 Å². The van der Waals surface area contributed by atoms with E-state index >= 15 is 0 Å². The fourth-order valence-electron chi connectivity index (χ4n) is 1.63. The summed E-state index contributed by atoms with van der Waals surface area (Å²) in [5.74, 6) is 1.17. The quantitative estimate of drug-likeness (QED) is 0.508. The fourth-order valence-corrected chi connectivity index (χ4v) is 2.04. The highest BCUT2D eigenvalue weighted by Crippen LogP contribution is 2.20. The molecule has 0 aromatic heterocycles. The summed E-state index contributed by atoms with van der Waals surface area (Å²) in [4.78, 5) is 0. The molecule has 1 aromatic carbocycles. The van der Waals surface area contributed by atoms with Crippen molar-refractivity contribution in [1.29, 1.82) is 0 Å². The Kier molecular flexibility index (Phi) is 7.16. The Labute approximate surface area is 129 Å². The molecule has 1 rings (SSSR count). The minimum atomic E-state index is 0.0662. The van der Waals surface area contributed by atoms with Gasteiger partial charge in [0.15, 0.2) is 0 Å². The molecule has 3 heteroatoms. The van der Waals surface area contributed by atoms with E-state index in [2.05, 4.69) is 42.2 Å². The molecule has 104 valence electrons. The molecule has 0 aliphatic heterocycles. The second-order valence-electron chi connectivity index (χ2n) is 4.58. The van der Waals surface area contributed by atoms with Crippen molar-refractivity contribution in [2.75, 3.05) is 7.11 Å². The van der Waals surface area contributed by atoms with Crippen molar-refractivity contribution in [1.82, 2.24) is 0 Å². The predicted octanol–water partition coefficient (Wildman–Crippen LogP) is 4.74. The first kappa shape index (κ1) is 16.2. The number of benzene rings is 1. The first-order valence-corrected chi connectivity index (χ1v) is 7.50. The lowest BCUT2D eigenvalue weighted by atomic mass is 9.97. The number of hydrogen-bond acceptors (Lipinski definition) is 2. The molecule has 0 N–H and O–H groups in total. The maximum atomic E-state index is 5.97. The van der Waals surface area contributed by atoms with Gasteiger partial charge >= 0.3 is 0 Å². The van der Waals surface area contributed by atoms with Crippen LogP contribution in [0.15, 0.2) is 46.6 Å². The van der Waals surface area contributed by atoms with Gasteiger partial charge in [-0.2, -0.15) is 0 Å². The summed E-state index contributed by atoms with van der Waals surface area (Å²) in [7, 11) is 1.67. The zero-order chi connectivity index (χ0) is 14.3. The van der Waals surface area contributed by atoms with E-state index in [0.29, 0.717) is 12.5 Å². The Balaban J connectivity index is 2.62. The molecule has 0 saturated heterocycles. The van der Waals surface area contributed by atoms with Gasteiger partial charge in [0, 0.05) is 5.92 Å². The molecular weight excluding hydrogens is 351 g/mol. The van der Waals surface area contributed by atoms with Crippen molar-refractivity contribution < 1.29 is 9.47 Å². The van der Waals surface area contributed by atoms with Gasteiger partial charge in [0.25, 0.3) is 0 Å². The molecule has 0 radical (unpaired) electrons. The van der Waals surface area contributed by atoms with Crippen LogP contribution >= 0.6 is 22.6 Å². The summed E-state index contributed by atoms with van der Waals surface area (Å²) in [6.07, 6.45) is 2.14. The Morgan fingerprint density at radius 1 is 1.37 bits per heavy atom. The maximum absolute atomic E-state index is 5.97. The smallest absolute Gasteiger partial charge is 0.118 e. The minimum Gasteiger partial charge on any atom is -0.497 e. The van der Waals surface area contributed by atoms with Gasteiger partial charge in [-0.15, -0.1) is 0 Å². The van der Waals surface area contributed by atoms with Crippen LogP contribution in [0.2, 0.25) is 0 Å². The summed E-state index contributed by atoms with van der Waals surface area (Å²) >= 11 is 2.22. The van der Waals surface area contributed by atoms with Crippen LogP contribution in [0.1, 0.15) is 19.4 Å². The normalized spacial score (nSPS) is 14.3. The molecule has 0 spiro atoms. The predicted molar refractivity (Wildman–Crippen MR) is 88.7 cm³/mol. The number of hydrogen-bond donors (Lipinski definition) is 0. The van der Waals surface area contributed by atoms with Crippen LogP contribution in [-0.4, -0.2) is 13.2 Å². The van der Waals surface area contributed by atoms with Crippen molar-refractivity contribution in [3.05, 3.63) is 52.1 Å². The van der Waals surface area contributed by atoms with E-state index in [1.807, 2.05) is 35.3 Å². The van der Waals surface area contributed by atoms with Crippen LogP contribution in [-0.2, 0) is 11.3 Å². The maximum Gasteiger partial charge on any atom is 0.118 e. The van der Waals surface area contributed by atoms with E-state index < -0.39 is 0 Å². The van der Waals surface area contributed by atoms with Gasteiger partial charge < -0.3 is 9.47 Å². The number of ether oxygens (including phenoxy) is 2. The Hall–Kier alpha value is -0.810. The zero-order valence-corrected chi connectivity index (χ0v) is 13.9. The molecule has 0 fully saturated rings. The number of rotatable bonds is 7. The molecule has 0 amide bonds. The summed E-state index contributed by atoms with van der Waals surface area (Å²) < 4.78 is 13.1. The molecule has 2 atom stereocenters. The second-order valence-corrected chi connectivity index (χ2v) is 5.30. The fraction of sp³-hybridized carbons (Fsp3) is 0.375. The number of methoxy groups -OCH3 is 1. The SMILES string of the molecule is C=C(C)[C@@H](C)[C@H](/C=C/I)OCc1ccc(OC)cc1. The van der Waals surface area contributed by atoms with Gasteiger partial charge in [0.1, 0.15) is 5.75 Å². The third kappa shape index (κ3) is 5.37. The van der Waals surface area contributed by atoms with Crippen LogP contribution in [0.5, 0.6) is 5.75 Å². The van der Waals surface area contributed by atoms with Gasteiger partial charge in [-0.05, 0) is 34.8 Å². The third-order valence-electron chi connectivity index (χ3n) is 3.13. The summed E-state index contributed by atoms with van der Waals surface area (Å²) in [5, 5.41) is 0. The third-order valence-corrected chi connectivity index (χ3v) is 3.55. The highest BCUT2D eigenvalue weighted by atomic mass is 127. The molecule has 0 unspecified atom stereocenters. The van der Waals surface area contributed by atoms with Gasteiger partial charge in [0.05, 0.1) is 19.8 Å². The van der Waals surface area contributed by atoms with E-state index in [0.717, 1.165) is 16.9 Å². The van der Waals surface area contributed by atoms with Crippen LogP contribution in [0, 0.1) is 5.92 Å². The first-order chi connectivity index (χ1) is 9.08.